The van der Waals surface area contributed by atoms with Crippen LogP contribution in [0.5, 0.6) is 0 Å². The molecular weight excluding hydrogens is 252 g/mol. The summed E-state index contributed by atoms with van der Waals surface area (Å²) in [5.74, 6) is -0.892. The van der Waals surface area contributed by atoms with Gasteiger partial charge in [0.25, 0.3) is 0 Å². The Labute approximate surface area is 101 Å². The minimum atomic E-state index is -0.992. The Hall–Kier alpha value is -1.14. The molecule has 0 aliphatic rings. The van der Waals surface area contributed by atoms with Gasteiger partial charge in [-0.05, 0) is 6.92 Å². The molecule has 1 heterocycles. The van der Waals surface area contributed by atoms with E-state index in [-0.39, 0.29) is 29.6 Å². The molecule has 5 nitrogen and oxygen atoms in total. The fraction of sp³-hybridized carbons (Fsp3) is 0.444. The largest absolute Gasteiger partial charge is 0.477 e. The zero-order chi connectivity index (χ0) is 12.1. The molecule has 1 amide bonds. The molecule has 0 saturated heterocycles. The number of aryl methyl sites for hydroxylation is 1. The number of halogens is 1. The lowest BCUT2D eigenvalue weighted by Gasteiger charge is -1.99. The fourth-order valence-electron chi connectivity index (χ4n) is 1.07. The third-order valence-corrected chi connectivity index (χ3v) is 3.13. The molecule has 0 unspecified atom stereocenters. The van der Waals surface area contributed by atoms with E-state index in [1.54, 1.807) is 6.92 Å². The van der Waals surface area contributed by atoms with Crippen molar-refractivity contribution < 1.29 is 14.7 Å². The molecule has 0 aliphatic heterocycles. The van der Waals surface area contributed by atoms with Gasteiger partial charge in [-0.25, -0.2) is 9.78 Å². The number of carbonyl (C=O) groups excluding carboxylic acids is 1. The number of carboxylic acids is 1. The van der Waals surface area contributed by atoms with Crippen LogP contribution in [-0.2, 0) is 11.3 Å². The quantitative estimate of drug-likeness (QED) is 0.786. The first-order valence-electron chi connectivity index (χ1n) is 4.57. The number of aromatic carboxylic acids is 1. The van der Waals surface area contributed by atoms with Crippen molar-refractivity contribution in [3.8, 4) is 0 Å². The Bertz CT molecular complexity index is 405. The number of thiazole rings is 1. The Balaban J connectivity index is 2.58. The van der Waals surface area contributed by atoms with E-state index in [2.05, 4.69) is 10.3 Å². The van der Waals surface area contributed by atoms with Crippen LogP contribution >= 0.6 is 22.9 Å². The number of carbonyl (C=O) groups is 2. The Morgan fingerprint density at radius 3 is 2.75 bits per heavy atom. The topological polar surface area (TPSA) is 79.3 Å². The van der Waals surface area contributed by atoms with E-state index < -0.39 is 5.97 Å². The molecule has 1 aromatic heterocycles. The average molecular weight is 263 g/mol. The van der Waals surface area contributed by atoms with Gasteiger partial charge in [0.05, 0.1) is 12.2 Å². The second-order valence-corrected chi connectivity index (χ2v) is 4.50. The van der Waals surface area contributed by atoms with Crippen LogP contribution < -0.4 is 5.32 Å². The number of nitrogens with one attached hydrogen (secondary N) is 1. The smallest absolute Gasteiger partial charge is 0.347 e. The summed E-state index contributed by atoms with van der Waals surface area (Å²) in [7, 11) is 0. The van der Waals surface area contributed by atoms with Gasteiger partial charge < -0.3 is 10.4 Å². The molecule has 7 heteroatoms. The van der Waals surface area contributed by atoms with Gasteiger partial charge in [-0.15, -0.1) is 22.9 Å². The number of hydrogen-bond acceptors (Lipinski definition) is 4. The minimum Gasteiger partial charge on any atom is -0.477 e. The summed E-state index contributed by atoms with van der Waals surface area (Å²) in [6.07, 6.45) is 0.248. The van der Waals surface area contributed by atoms with Crippen LogP contribution in [0.1, 0.15) is 26.8 Å². The number of amides is 1. The summed E-state index contributed by atoms with van der Waals surface area (Å²) in [5.41, 5.74) is 0.471. The molecule has 0 fully saturated rings. The van der Waals surface area contributed by atoms with E-state index in [9.17, 15) is 9.59 Å². The second-order valence-electron chi connectivity index (χ2n) is 3.04. The van der Waals surface area contributed by atoms with Gasteiger partial charge in [-0.2, -0.15) is 0 Å². The Morgan fingerprint density at radius 2 is 2.25 bits per heavy atom. The zero-order valence-corrected chi connectivity index (χ0v) is 10.2. The number of alkyl halides is 1. The lowest BCUT2D eigenvalue weighted by atomic mass is 10.4. The standard InChI is InChI=1S/C9H11ClN2O3S/c1-5-8(9(14)15)16-7(12-5)4-11-6(13)2-3-10/h2-4H2,1H3,(H,11,13)(H,14,15). The summed E-state index contributed by atoms with van der Waals surface area (Å²) < 4.78 is 0. The van der Waals surface area contributed by atoms with Crippen LogP contribution in [-0.4, -0.2) is 27.8 Å². The highest BCUT2D eigenvalue weighted by Gasteiger charge is 2.13. The Kier molecular flexibility index (Phi) is 4.70. The third kappa shape index (κ3) is 3.46. The summed E-state index contributed by atoms with van der Waals surface area (Å²) >= 11 is 6.47. The molecule has 1 rings (SSSR count). The van der Waals surface area contributed by atoms with Crippen molar-refractivity contribution in [3.05, 3.63) is 15.6 Å². The van der Waals surface area contributed by atoms with E-state index >= 15 is 0 Å². The van der Waals surface area contributed by atoms with E-state index in [0.717, 1.165) is 11.3 Å². The van der Waals surface area contributed by atoms with Gasteiger partial charge in [-0.3, -0.25) is 4.79 Å². The maximum atomic E-state index is 11.1. The molecule has 0 atom stereocenters. The lowest BCUT2D eigenvalue weighted by Crippen LogP contribution is -2.22. The van der Waals surface area contributed by atoms with Gasteiger partial charge in [0, 0.05) is 12.3 Å². The summed E-state index contributed by atoms with van der Waals surface area (Å²) in [6, 6.07) is 0. The Morgan fingerprint density at radius 1 is 1.56 bits per heavy atom. The van der Waals surface area contributed by atoms with Crippen LogP contribution in [0.25, 0.3) is 0 Å². The lowest BCUT2D eigenvalue weighted by molar-refractivity contribution is -0.120. The number of hydrogen-bond donors (Lipinski definition) is 2. The number of nitrogens with zero attached hydrogens (tertiary/aromatic N) is 1. The van der Waals surface area contributed by atoms with Crippen molar-refractivity contribution in [2.24, 2.45) is 0 Å². The third-order valence-electron chi connectivity index (χ3n) is 1.79. The van der Waals surface area contributed by atoms with E-state index in [1.807, 2.05) is 0 Å². The van der Waals surface area contributed by atoms with Crippen LogP contribution in [0.15, 0.2) is 0 Å². The predicted octanol–water partition coefficient (Wildman–Crippen LogP) is 1.39. The SMILES string of the molecule is Cc1nc(CNC(=O)CCCl)sc1C(=O)O. The highest BCUT2D eigenvalue weighted by molar-refractivity contribution is 7.13. The van der Waals surface area contributed by atoms with Crippen LogP contribution in [0.2, 0.25) is 0 Å². The van der Waals surface area contributed by atoms with Crippen molar-refractivity contribution in [2.75, 3.05) is 5.88 Å². The van der Waals surface area contributed by atoms with Gasteiger partial charge in [0.15, 0.2) is 0 Å². The van der Waals surface area contributed by atoms with Crippen molar-refractivity contribution >= 4 is 34.8 Å². The van der Waals surface area contributed by atoms with Crippen molar-refractivity contribution in [1.82, 2.24) is 10.3 Å². The van der Waals surface area contributed by atoms with Crippen molar-refractivity contribution in [2.45, 2.75) is 19.9 Å². The van der Waals surface area contributed by atoms with Crippen molar-refractivity contribution in [3.63, 3.8) is 0 Å². The molecular formula is C9H11ClN2O3S. The molecule has 1 aromatic rings. The molecule has 0 aliphatic carbocycles. The van der Waals surface area contributed by atoms with Crippen LogP contribution in [0.3, 0.4) is 0 Å². The molecule has 0 spiro atoms. The number of carboxylic acid groups (broad SMARTS) is 1. The van der Waals surface area contributed by atoms with Gasteiger partial charge in [-0.1, -0.05) is 0 Å². The van der Waals surface area contributed by atoms with Crippen LogP contribution in [0, 0.1) is 6.92 Å². The summed E-state index contributed by atoms with van der Waals surface area (Å²) in [6.45, 7) is 1.87. The first-order chi connectivity index (χ1) is 7.54. The van der Waals surface area contributed by atoms with E-state index in [4.69, 9.17) is 16.7 Å². The maximum absolute atomic E-state index is 11.1. The van der Waals surface area contributed by atoms with Gasteiger partial charge in [0.1, 0.15) is 9.88 Å². The monoisotopic (exact) mass is 262 g/mol. The van der Waals surface area contributed by atoms with Crippen LogP contribution in [0.4, 0.5) is 0 Å². The highest BCUT2D eigenvalue weighted by Crippen LogP contribution is 2.17. The maximum Gasteiger partial charge on any atom is 0.347 e. The summed E-state index contributed by atoms with van der Waals surface area (Å²) in [4.78, 5) is 26.1. The van der Waals surface area contributed by atoms with E-state index in [1.165, 1.54) is 0 Å². The zero-order valence-electron chi connectivity index (χ0n) is 8.62. The molecule has 0 saturated carbocycles. The highest BCUT2D eigenvalue weighted by atomic mass is 35.5. The molecule has 0 bridgehead atoms. The van der Waals surface area contributed by atoms with E-state index in [0.29, 0.717) is 10.7 Å². The normalized spacial score (nSPS) is 10.1. The first kappa shape index (κ1) is 12.9. The number of aromatic nitrogens is 1. The molecule has 0 aromatic carbocycles. The number of rotatable bonds is 5. The molecule has 88 valence electrons. The first-order valence-corrected chi connectivity index (χ1v) is 5.92. The minimum absolute atomic E-state index is 0.167. The summed E-state index contributed by atoms with van der Waals surface area (Å²) in [5, 5.41) is 12.0. The average Bonchev–Trinajstić information content (AvgIpc) is 2.57. The van der Waals surface area contributed by atoms with Crippen molar-refractivity contribution in [1.29, 1.82) is 0 Å². The van der Waals surface area contributed by atoms with Gasteiger partial charge >= 0.3 is 5.97 Å². The predicted molar refractivity (Wildman–Crippen MR) is 61.0 cm³/mol. The second kappa shape index (κ2) is 5.81. The van der Waals surface area contributed by atoms with Gasteiger partial charge in [0.2, 0.25) is 5.91 Å². The molecule has 16 heavy (non-hydrogen) atoms. The molecule has 0 radical (unpaired) electrons. The molecule has 2 N–H and O–H groups in total. The fourth-order valence-corrected chi connectivity index (χ4v) is 2.09.